The number of amides is 1. The predicted octanol–water partition coefficient (Wildman–Crippen LogP) is 0.950. The maximum atomic E-state index is 13.7. The maximum Gasteiger partial charge on any atom is 0.244 e. The van der Waals surface area contributed by atoms with Gasteiger partial charge in [0.25, 0.3) is 0 Å². The smallest absolute Gasteiger partial charge is 0.244 e. The molecule has 1 saturated heterocycles. The van der Waals surface area contributed by atoms with Gasteiger partial charge in [-0.1, -0.05) is 12.1 Å². The first-order chi connectivity index (χ1) is 11.3. The van der Waals surface area contributed by atoms with Gasteiger partial charge in [-0.2, -0.15) is 4.72 Å². The van der Waals surface area contributed by atoms with Crippen LogP contribution in [-0.2, 0) is 14.8 Å². The van der Waals surface area contributed by atoms with E-state index < -0.39 is 26.8 Å². The van der Waals surface area contributed by atoms with E-state index in [-0.39, 0.29) is 5.91 Å². The van der Waals surface area contributed by atoms with Gasteiger partial charge in [-0.3, -0.25) is 4.79 Å². The number of rotatable bonds is 6. The number of piperidine rings is 1. The lowest BCUT2D eigenvalue weighted by Crippen LogP contribution is -2.50. The van der Waals surface area contributed by atoms with Crippen LogP contribution in [0.4, 0.5) is 4.39 Å². The van der Waals surface area contributed by atoms with E-state index in [1.807, 2.05) is 7.05 Å². The molecule has 8 heteroatoms. The monoisotopic (exact) mass is 357 g/mol. The van der Waals surface area contributed by atoms with Gasteiger partial charge in [-0.15, -0.1) is 0 Å². The highest BCUT2D eigenvalue weighted by atomic mass is 32.2. The van der Waals surface area contributed by atoms with Crippen LogP contribution in [-0.4, -0.2) is 51.9 Å². The zero-order valence-corrected chi connectivity index (χ0v) is 14.8. The van der Waals surface area contributed by atoms with Gasteiger partial charge in [0.2, 0.25) is 15.9 Å². The summed E-state index contributed by atoms with van der Waals surface area (Å²) in [5.41, 5.74) is 0. The van der Waals surface area contributed by atoms with Crippen molar-refractivity contribution in [3.63, 3.8) is 0 Å². The molecule has 1 aliphatic heterocycles. The number of carbonyl (C=O) groups is 1. The number of nitrogens with zero attached hydrogens (tertiary/aromatic N) is 1. The third-order valence-electron chi connectivity index (χ3n) is 4.15. The highest BCUT2D eigenvalue weighted by molar-refractivity contribution is 7.89. The Kier molecular flexibility index (Phi) is 6.31. The van der Waals surface area contributed by atoms with E-state index >= 15 is 0 Å². The normalized spacial score (nSPS) is 20.0. The van der Waals surface area contributed by atoms with E-state index in [1.54, 1.807) is 4.90 Å². The third-order valence-corrected chi connectivity index (χ3v) is 5.73. The number of sulfonamides is 1. The Bertz CT molecular complexity index is 679. The van der Waals surface area contributed by atoms with Crippen LogP contribution in [0.2, 0.25) is 0 Å². The molecule has 6 nitrogen and oxygen atoms in total. The quantitative estimate of drug-likeness (QED) is 0.795. The van der Waals surface area contributed by atoms with Crippen LogP contribution in [0.25, 0.3) is 0 Å². The van der Waals surface area contributed by atoms with E-state index in [0.29, 0.717) is 19.0 Å². The zero-order chi connectivity index (χ0) is 17.7. The molecular formula is C16H24FN3O3S. The van der Waals surface area contributed by atoms with Gasteiger partial charge in [0, 0.05) is 13.1 Å². The minimum Gasteiger partial charge on any atom is -0.341 e. The summed E-state index contributed by atoms with van der Waals surface area (Å²) in [5, 5.41) is 3.10. The van der Waals surface area contributed by atoms with Crippen molar-refractivity contribution in [1.29, 1.82) is 0 Å². The van der Waals surface area contributed by atoms with Gasteiger partial charge in [0.05, 0.1) is 6.04 Å². The Morgan fingerprint density at radius 2 is 2.12 bits per heavy atom. The largest absolute Gasteiger partial charge is 0.341 e. The molecule has 0 aliphatic carbocycles. The standard InChI is InChI=1S/C16H24FN3O3S/c1-12(16(21)20-9-5-6-13(11-20)10-18-2)19-24(22,23)15-8-4-3-7-14(15)17/h3-4,7-8,12-13,18-19H,5-6,9-11H2,1-2H3. The van der Waals surface area contributed by atoms with E-state index in [2.05, 4.69) is 10.0 Å². The topological polar surface area (TPSA) is 78.5 Å². The second kappa shape index (κ2) is 8.04. The van der Waals surface area contributed by atoms with Crippen LogP contribution in [0.15, 0.2) is 29.2 Å². The van der Waals surface area contributed by atoms with E-state index in [0.717, 1.165) is 25.5 Å². The number of hydrogen-bond donors (Lipinski definition) is 2. The first-order valence-electron chi connectivity index (χ1n) is 8.05. The molecular weight excluding hydrogens is 333 g/mol. The second-order valence-corrected chi connectivity index (χ2v) is 7.81. The average Bonchev–Trinajstić information content (AvgIpc) is 2.54. The molecule has 1 aliphatic rings. The van der Waals surface area contributed by atoms with Crippen LogP contribution in [0.1, 0.15) is 19.8 Å². The Labute approximate surface area is 142 Å². The summed E-state index contributed by atoms with van der Waals surface area (Å²) in [6.07, 6.45) is 1.94. The van der Waals surface area contributed by atoms with Gasteiger partial charge in [-0.05, 0) is 51.4 Å². The lowest BCUT2D eigenvalue weighted by atomic mass is 9.97. The van der Waals surface area contributed by atoms with Crippen molar-refractivity contribution in [3.8, 4) is 0 Å². The van der Waals surface area contributed by atoms with Crippen LogP contribution in [0.5, 0.6) is 0 Å². The number of nitrogens with one attached hydrogen (secondary N) is 2. The summed E-state index contributed by atoms with van der Waals surface area (Å²) < 4.78 is 40.6. The van der Waals surface area contributed by atoms with Gasteiger partial charge in [-0.25, -0.2) is 12.8 Å². The van der Waals surface area contributed by atoms with Crippen molar-refractivity contribution in [3.05, 3.63) is 30.1 Å². The molecule has 0 bridgehead atoms. The molecule has 134 valence electrons. The van der Waals surface area contributed by atoms with Crippen molar-refractivity contribution >= 4 is 15.9 Å². The first kappa shape index (κ1) is 18.8. The molecule has 1 heterocycles. The fraction of sp³-hybridized carbons (Fsp3) is 0.562. The van der Waals surface area contributed by atoms with Crippen molar-refractivity contribution in [2.75, 3.05) is 26.7 Å². The maximum absolute atomic E-state index is 13.7. The Morgan fingerprint density at radius 1 is 1.42 bits per heavy atom. The summed E-state index contributed by atoms with van der Waals surface area (Å²) in [7, 11) is -2.22. The summed E-state index contributed by atoms with van der Waals surface area (Å²) in [4.78, 5) is 13.8. The number of carbonyl (C=O) groups excluding carboxylic acids is 1. The van der Waals surface area contributed by atoms with Crippen LogP contribution < -0.4 is 10.0 Å². The highest BCUT2D eigenvalue weighted by Crippen LogP contribution is 2.18. The van der Waals surface area contributed by atoms with Crippen LogP contribution in [0.3, 0.4) is 0 Å². The van der Waals surface area contributed by atoms with Gasteiger partial charge < -0.3 is 10.2 Å². The Balaban J connectivity index is 2.04. The van der Waals surface area contributed by atoms with Crippen LogP contribution >= 0.6 is 0 Å². The molecule has 1 amide bonds. The fourth-order valence-electron chi connectivity index (χ4n) is 3.00. The van der Waals surface area contributed by atoms with Crippen LogP contribution in [0, 0.1) is 11.7 Å². The second-order valence-electron chi connectivity index (χ2n) is 6.12. The van der Waals surface area contributed by atoms with E-state index in [4.69, 9.17) is 0 Å². The molecule has 1 fully saturated rings. The van der Waals surface area contributed by atoms with E-state index in [9.17, 15) is 17.6 Å². The molecule has 2 N–H and O–H groups in total. The fourth-order valence-corrected chi connectivity index (χ4v) is 4.28. The van der Waals surface area contributed by atoms with Gasteiger partial charge >= 0.3 is 0 Å². The van der Waals surface area contributed by atoms with Crippen molar-refractivity contribution in [2.45, 2.75) is 30.7 Å². The van der Waals surface area contributed by atoms with Crippen molar-refractivity contribution in [1.82, 2.24) is 14.9 Å². The predicted molar refractivity (Wildman–Crippen MR) is 89.4 cm³/mol. The number of likely N-dealkylation sites (tertiary alicyclic amines) is 1. The average molecular weight is 357 g/mol. The van der Waals surface area contributed by atoms with Crippen molar-refractivity contribution in [2.24, 2.45) is 5.92 Å². The third kappa shape index (κ3) is 4.52. The summed E-state index contributed by atoms with van der Waals surface area (Å²) in [5.74, 6) is -0.754. The molecule has 1 aromatic rings. The van der Waals surface area contributed by atoms with Gasteiger partial charge in [0.1, 0.15) is 10.7 Å². The molecule has 2 atom stereocenters. The lowest BCUT2D eigenvalue weighted by Gasteiger charge is -2.34. The van der Waals surface area contributed by atoms with Crippen molar-refractivity contribution < 1.29 is 17.6 Å². The summed E-state index contributed by atoms with van der Waals surface area (Å²) >= 11 is 0. The molecule has 1 aromatic carbocycles. The molecule has 2 unspecified atom stereocenters. The molecule has 24 heavy (non-hydrogen) atoms. The number of halogens is 1. The Morgan fingerprint density at radius 3 is 2.79 bits per heavy atom. The number of hydrogen-bond acceptors (Lipinski definition) is 4. The van der Waals surface area contributed by atoms with E-state index in [1.165, 1.54) is 25.1 Å². The first-order valence-corrected chi connectivity index (χ1v) is 9.53. The molecule has 0 radical (unpaired) electrons. The molecule has 0 spiro atoms. The minimum atomic E-state index is -4.08. The minimum absolute atomic E-state index is 0.282. The molecule has 2 rings (SSSR count). The molecule has 0 saturated carbocycles. The summed E-state index contributed by atoms with van der Waals surface area (Å²) in [6, 6.07) is 4.17. The highest BCUT2D eigenvalue weighted by Gasteiger charge is 2.30. The molecule has 0 aromatic heterocycles. The lowest BCUT2D eigenvalue weighted by molar-refractivity contribution is -0.134. The Hall–Kier alpha value is -1.51. The van der Waals surface area contributed by atoms with Gasteiger partial charge in [0.15, 0.2) is 0 Å². The summed E-state index contributed by atoms with van der Waals surface area (Å²) in [6.45, 7) is 3.53. The zero-order valence-electron chi connectivity index (χ0n) is 14.0. The number of benzene rings is 1. The SMILES string of the molecule is CNCC1CCCN(C(=O)C(C)NS(=O)(=O)c2ccccc2F)C1.